The van der Waals surface area contributed by atoms with Crippen molar-refractivity contribution in [2.75, 3.05) is 13.1 Å². The summed E-state index contributed by atoms with van der Waals surface area (Å²) in [5.41, 5.74) is 6.26. The standard InChI is InChI=1S/C3H6N2/c4-1-3-2-5-3/h1-2,4H2. The van der Waals surface area contributed by atoms with Crippen LogP contribution in [0.5, 0.6) is 0 Å². The maximum absolute atomic E-state index is 5.10. The Bertz CT molecular complexity index is 65.3. The summed E-state index contributed by atoms with van der Waals surface area (Å²) in [5.74, 6) is 0. The van der Waals surface area contributed by atoms with Gasteiger partial charge in [-0.2, -0.15) is 0 Å². The summed E-state index contributed by atoms with van der Waals surface area (Å²) in [7, 11) is 0. The normalized spacial score (nSPS) is 18.2. The molecule has 5 heavy (non-hydrogen) atoms. The zero-order chi connectivity index (χ0) is 3.70. The molecule has 0 fully saturated rings. The molecule has 0 spiro atoms. The zero-order valence-corrected chi connectivity index (χ0v) is 2.94. The fraction of sp³-hybridized carbons (Fsp3) is 0.667. The highest BCUT2D eigenvalue weighted by atomic mass is 14.9. The zero-order valence-electron chi connectivity index (χ0n) is 2.94. The number of nitrogens with zero attached hydrogens (tertiary/aromatic N) is 1. The molecule has 0 unspecified atom stereocenters. The maximum Gasteiger partial charge on any atom is 0.0781 e. The van der Waals surface area contributed by atoms with Crippen LogP contribution >= 0.6 is 0 Å². The van der Waals surface area contributed by atoms with Crippen LogP contribution in [-0.2, 0) is 0 Å². The summed E-state index contributed by atoms with van der Waals surface area (Å²) in [4.78, 5) is 3.81. The van der Waals surface area contributed by atoms with Crippen molar-refractivity contribution >= 4 is 5.71 Å². The molecule has 0 saturated heterocycles. The van der Waals surface area contributed by atoms with E-state index in [0.717, 1.165) is 12.3 Å². The van der Waals surface area contributed by atoms with Gasteiger partial charge in [-0.25, -0.2) is 0 Å². The van der Waals surface area contributed by atoms with E-state index in [1.165, 1.54) is 0 Å². The fourth-order valence-electron chi connectivity index (χ4n) is 0.185. The molecule has 0 atom stereocenters. The fourth-order valence-corrected chi connectivity index (χ4v) is 0.185. The largest absolute Gasteiger partial charge is 0.325 e. The van der Waals surface area contributed by atoms with Crippen molar-refractivity contribution < 1.29 is 0 Å². The number of aliphatic imine (C=N–C) groups is 1. The maximum atomic E-state index is 5.10. The first kappa shape index (κ1) is 2.85. The van der Waals surface area contributed by atoms with E-state index in [1.807, 2.05) is 0 Å². The van der Waals surface area contributed by atoms with Gasteiger partial charge in [0.15, 0.2) is 0 Å². The van der Waals surface area contributed by atoms with Crippen LogP contribution in [0.3, 0.4) is 0 Å². The summed E-state index contributed by atoms with van der Waals surface area (Å²) < 4.78 is 0. The van der Waals surface area contributed by atoms with E-state index in [9.17, 15) is 0 Å². The van der Waals surface area contributed by atoms with Crippen LogP contribution in [0.4, 0.5) is 0 Å². The van der Waals surface area contributed by atoms with Crippen molar-refractivity contribution in [1.82, 2.24) is 0 Å². The van der Waals surface area contributed by atoms with Gasteiger partial charge in [0, 0.05) is 12.3 Å². The molecule has 2 heteroatoms. The first-order valence-electron chi connectivity index (χ1n) is 1.66. The Labute approximate surface area is 30.7 Å². The van der Waals surface area contributed by atoms with Crippen molar-refractivity contribution in [3.05, 3.63) is 0 Å². The van der Waals surface area contributed by atoms with Gasteiger partial charge in [-0.05, 0) is 0 Å². The van der Waals surface area contributed by atoms with Gasteiger partial charge in [-0.15, -0.1) is 0 Å². The smallest absolute Gasteiger partial charge is 0.0781 e. The molecule has 0 aliphatic carbocycles. The SMILES string of the molecule is NCC1=NC1. The van der Waals surface area contributed by atoms with E-state index >= 15 is 0 Å². The van der Waals surface area contributed by atoms with Crippen LogP contribution in [0, 0.1) is 0 Å². The quantitative estimate of drug-likeness (QED) is 0.439. The number of nitrogens with two attached hydrogens (primary N) is 1. The van der Waals surface area contributed by atoms with Crippen molar-refractivity contribution in [2.45, 2.75) is 0 Å². The summed E-state index contributed by atoms with van der Waals surface area (Å²) in [6, 6.07) is 0. The first-order valence-corrected chi connectivity index (χ1v) is 1.66. The summed E-state index contributed by atoms with van der Waals surface area (Å²) in [6.07, 6.45) is 0. The highest BCUT2D eigenvalue weighted by molar-refractivity contribution is 5.98. The third-order valence-corrected chi connectivity index (χ3v) is 0.617. The Kier molecular flexibility index (Phi) is 0.451. The van der Waals surface area contributed by atoms with Gasteiger partial charge >= 0.3 is 0 Å². The molecule has 1 aliphatic rings. The van der Waals surface area contributed by atoms with Crippen molar-refractivity contribution in [3.8, 4) is 0 Å². The van der Waals surface area contributed by atoms with Gasteiger partial charge in [0.2, 0.25) is 0 Å². The minimum Gasteiger partial charge on any atom is -0.325 e. The Morgan fingerprint density at radius 2 is 2.60 bits per heavy atom. The third-order valence-electron chi connectivity index (χ3n) is 0.617. The number of hydrogen-bond donors (Lipinski definition) is 1. The summed E-state index contributed by atoms with van der Waals surface area (Å²) >= 11 is 0. The molecule has 0 amide bonds. The van der Waals surface area contributed by atoms with Crippen LogP contribution < -0.4 is 5.73 Å². The van der Waals surface area contributed by atoms with E-state index in [1.54, 1.807) is 0 Å². The molecule has 1 aliphatic heterocycles. The molecule has 0 bridgehead atoms. The average molecular weight is 70.1 g/mol. The average Bonchev–Trinajstić information content (AvgIpc) is 2.12. The Balaban J connectivity index is 2.22. The van der Waals surface area contributed by atoms with E-state index < -0.39 is 0 Å². The lowest BCUT2D eigenvalue weighted by atomic mass is 10.5. The molecule has 2 N–H and O–H groups in total. The van der Waals surface area contributed by atoms with Crippen LogP contribution in [-0.4, -0.2) is 18.8 Å². The van der Waals surface area contributed by atoms with E-state index in [4.69, 9.17) is 5.73 Å². The van der Waals surface area contributed by atoms with Crippen LogP contribution in [0.15, 0.2) is 4.99 Å². The highest BCUT2D eigenvalue weighted by Gasteiger charge is 2.03. The first-order chi connectivity index (χ1) is 2.43. The lowest BCUT2D eigenvalue weighted by Gasteiger charge is -1.64. The minimum absolute atomic E-state index is 0.667. The van der Waals surface area contributed by atoms with Crippen LogP contribution in [0.1, 0.15) is 0 Å². The topological polar surface area (TPSA) is 38.4 Å². The van der Waals surface area contributed by atoms with Gasteiger partial charge in [-0.3, -0.25) is 4.99 Å². The second-order valence-electron chi connectivity index (χ2n) is 1.09. The molecular formula is C3H6N2. The molecule has 2 nitrogen and oxygen atoms in total. The van der Waals surface area contributed by atoms with Gasteiger partial charge in [0.05, 0.1) is 6.54 Å². The Morgan fingerprint density at radius 3 is 2.60 bits per heavy atom. The molecule has 0 saturated carbocycles. The van der Waals surface area contributed by atoms with Crippen molar-refractivity contribution in [3.63, 3.8) is 0 Å². The van der Waals surface area contributed by atoms with E-state index in [-0.39, 0.29) is 0 Å². The predicted octanol–water partition coefficient (Wildman–Crippen LogP) is -0.600. The van der Waals surface area contributed by atoms with Crippen LogP contribution in [0.2, 0.25) is 0 Å². The highest BCUT2D eigenvalue weighted by Crippen LogP contribution is 1.90. The van der Waals surface area contributed by atoms with E-state index in [0.29, 0.717) is 6.54 Å². The molecule has 0 aromatic rings. The van der Waals surface area contributed by atoms with Crippen LogP contribution in [0.25, 0.3) is 0 Å². The van der Waals surface area contributed by atoms with Gasteiger partial charge in [-0.1, -0.05) is 0 Å². The molecule has 1 rings (SSSR count). The van der Waals surface area contributed by atoms with E-state index in [2.05, 4.69) is 4.99 Å². The monoisotopic (exact) mass is 70.1 g/mol. The number of hydrogen-bond acceptors (Lipinski definition) is 2. The second kappa shape index (κ2) is 0.792. The van der Waals surface area contributed by atoms with Crippen molar-refractivity contribution in [2.24, 2.45) is 10.7 Å². The molecule has 0 radical (unpaired) electrons. The Morgan fingerprint density at radius 1 is 2.00 bits per heavy atom. The predicted molar refractivity (Wildman–Crippen MR) is 21.4 cm³/mol. The molecule has 1 heterocycles. The lowest BCUT2D eigenvalue weighted by molar-refractivity contribution is 1.34. The third kappa shape index (κ3) is 0.450. The van der Waals surface area contributed by atoms with Gasteiger partial charge < -0.3 is 5.73 Å². The Hall–Kier alpha value is -0.370. The molecular weight excluding hydrogens is 64.0 g/mol. The minimum atomic E-state index is 0.667. The summed E-state index contributed by atoms with van der Waals surface area (Å²) in [6.45, 7) is 1.59. The van der Waals surface area contributed by atoms with Gasteiger partial charge in [0.25, 0.3) is 0 Å². The summed E-state index contributed by atoms with van der Waals surface area (Å²) in [5, 5.41) is 0. The molecule has 0 aromatic heterocycles. The second-order valence-corrected chi connectivity index (χ2v) is 1.09. The molecule has 28 valence electrons. The lowest BCUT2D eigenvalue weighted by Crippen LogP contribution is -2.03. The molecule has 0 aromatic carbocycles. The number of rotatable bonds is 1. The van der Waals surface area contributed by atoms with Crippen molar-refractivity contribution in [1.29, 1.82) is 0 Å². The van der Waals surface area contributed by atoms with Gasteiger partial charge in [0.1, 0.15) is 0 Å².